The van der Waals surface area contributed by atoms with Gasteiger partial charge in [-0.25, -0.2) is 0 Å². The molecule has 1 aliphatic rings. The summed E-state index contributed by atoms with van der Waals surface area (Å²) in [7, 11) is 0. The molecule has 2 aromatic heterocycles. The molecule has 0 atom stereocenters. The second kappa shape index (κ2) is 4.36. The highest BCUT2D eigenvalue weighted by molar-refractivity contribution is 5.66. The fourth-order valence-electron chi connectivity index (χ4n) is 2.14. The maximum Gasteiger partial charge on any atom is 0.303 e. The van der Waals surface area contributed by atoms with E-state index in [9.17, 15) is 4.79 Å². The molecule has 0 aromatic carbocycles. The molecule has 1 fully saturated rings. The van der Waals surface area contributed by atoms with Crippen LogP contribution in [0.1, 0.15) is 43.1 Å². The summed E-state index contributed by atoms with van der Waals surface area (Å²) < 4.78 is 1.68. The lowest BCUT2D eigenvalue weighted by molar-refractivity contribution is -0.137. The summed E-state index contributed by atoms with van der Waals surface area (Å²) in [5.74, 6) is 0.333. The van der Waals surface area contributed by atoms with Gasteiger partial charge in [-0.2, -0.15) is 9.61 Å². The molecule has 1 N–H and O–H groups in total. The second-order valence-electron chi connectivity index (χ2n) is 4.67. The molecule has 2 heterocycles. The lowest BCUT2D eigenvalue weighted by atomic mass is 9.83. The molecule has 18 heavy (non-hydrogen) atoms. The first-order valence-electron chi connectivity index (χ1n) is 6.17. The van der Waals surface area contributed by atoms with Gasteiger partial charge < -0.3 is 5.11 Å². The standard InChI is InChI=1S/C12H14N4O2/c17-12(18)7-6-11-14-13-10-5-4-9(15-16(10)11)8-2-1-3-8/h4-5,8H,1-3,6-7H2,(H,17,18). The largest absolute Gasteiger partial charge is 0.481 e. The highest BCUT2D eigenvalue weighted by Crippen LogP contribution is 2.34. The van der Waals surface area contributed by atoms with Gasteiger partial charge in [0.1, 0.15) is 0 Å². The summed E-state index contributed by atoms with van der Waals surface area (Å²) in [5.41, 5.74) is 1.74. The Hall–Kier alpha value is -1.98. The molecule has 0 aliphatic heterocycles. The Morgan fingerprint density at radius 1 is 1.39 bits per heavy atom. The van der Waals surface area contributed by atoms with E-state index in [1.165, 1.54) is 19.3 Å². The van der Waals surface area contributed by atoms with Crippen LogP contribution in [0.2, 0.25) is 0 Å². The van der Waals surface area contributed by atoms with Crippen LogP contribution in [0.25, 0.3) is 5.65 Å². The lowest BCUT2D eigenvalue weighted by Crippen LogP contribution is -2.13. The van der Waals surface area contributed by atoms with Crippen molar-refractivity contribution in [2.75, 3.05) is 0 Å². The molecule has 0 bridgehead atoms. The van der Waals surface area contributed by atoms with Gasteiger partial charge in [-0.1, -0.05) is 6.42 Å². The number of nitrogens with zero attached hydrogens (tertiary/aromatic N) is 4. The molecular weight excluding hydrogens is 232 g/mol. The SMILES string of the molecule is O=C(O)CCc1nnc2ccc(C3CCC3)nn12. The van der Waals surface area contributed by atoms with Gasteiger partial charge in [0, 0.05) is 12.3 Å². The number of carboxylic acids is 1. The summed E-state index contributed by atoms with van der Waals surface area (Å²) in [6.45, 7) is 0. The quantitative estimate of drug-likeness (QED) is 0.882. The molecule has 6 nitrogen and oxygen atoms in total. The second-order valence-corrected chi connectivity index (χ2v) is 4.67. The van der Waals surface area contributed by atoms with E-state index in [1.54, 1.807) is 4.52 Å². The monoisotopic (exact) mass is 246 g/mol. The van der Waals surface area contributed by atoms with Crippen LogP contribution in [0.4, 0.5) is 0 Å². The van der Waals surface area contributed by atoms with Crippen LogP contribution < -0.4 is 0 Å². The summed E-state index contributed by atoms with van der Waals surface area (Å²) in [4.78, 5) is 10.6. The number of aliphatic carboxylic acids is 1. The van der Waals surface area contributed by atoms with Gasteiger partial charge in [0.15, 0.2) is 11.5 Å². The number of carboxylic acid groups (broad SMARTS) is 1. The van der Waals surface area contributed by atoms with Crippen LogP contribution in [-0.4, -0.2) is 30.9 Å². The molecule has 2 aromatic rings. The number of carbonyl (C=O) groups is 1. The Kier molecular flexibility index (Phi) is 2.70. The number of hydrogen-bond acceptors (Lipinski definition) is 4. The smallest absolute Gasteiger partial charge is 0.303 e. The minimum atomic E-state index is -0.832. The Balaban J connectivity index is 1.91. The first-order chi connectivity index (χ1) is 8.74. The third-order valence-electron chi connectivity index (χ3n) is 3.43. The van der Waals surface area contributed by atoms with Crippen LogP contribution >= 0.6 is 0 Å². The van der Waals surface area contributed by atoms with Crippen LogP contribution in [0.5, 0.6) is 0 Å². The van der Waals surface area contributed by atoms with Crippen LogP contribution in [-0.2, 0) is 11.2 Å². The third-order valence-corrected chi connectivity index (χ3v) is 3.43. The topological polar surface area (TPSA) is 80.4 Å². The molecule has 94 valence electrons. The van der Waals surface area contributed by atoms with E-state index >= 15 is 0 Å². The van der Waals surface area contributed by atoms with Gasteiger partial charge >= 0.3 is 5.97 Å². The van der Waals surface area contributed by atoms with Gasteiger partial charge in [0.05, 0.1) is 12.1 Å². The molecule has 6 heteroatoms. The van der Waals surface area contributed by atoms with Gasteiger partial charge in [0.2, 0.25) is 0 Å². The fourth-order valence-corrected chi connectivity index (χ4v) is 2.14. The van der Waals surface area contributed by atoms with Crippen molar-refractivity contribution >= 4 is 11.6 Å². The van der Waals surface area contributed by atoms with Crippen molar-refractivity contribution in [2.24, 2.45) is 0 Å². The average Bonchev–Trinajstić information content (AvgIpc) is 2.66. The molecule has 1 aliphatic carbocycles. The Bertz CT molecular complexity index is 589. The van der Waals surface area contributed by atoms with E-state index in [2.05, 4.69) is 15.3 Å². The number of hydrogen-bond donors (Lipinski definition) is 1. The highest BCUT2D eigenvalue weighted by atomic mass is 16.4. The van der Waals surface area contributed by atoms with Crippen molar-refractivity contribution in [2.45, 2.75) is 38.0 Å². The van der Waals surface area contributed by atoms with Crippen molar-refractivity contribution in [1.82, 2.24) is 19.8 Å². The average molecular weight is 246 g/mol. The fraction of sp³-hybridized carbons (Fsp3) is 0.500. The Morgan fingerprint density at radius 2 is 2.22 bits per heavy atom. The van der Waals surface area contributed by atoms with Crippen molar-refractivity contribution < 1.29 is 9.90 Å². The molecule has 0 unspecified atom stereocenters. The van der Waals surface area contributed by atoms with Gasteiger partial charge in [-0.15, -0.1) is 10.2 Å². The third kappa shape index (κ3) is 1.94. The van der Waals surface area contributed by atoms with E-state index < -0.39 is 5.97 Å². The minimum Gasteiger partial charge on any atom is -0.481 e. The van der Waals surface area contributed by atoms with Gasteiger partial charge in [-0.05, 0) is 25.0 Å². The summed E-state index contributed by atoms with van der Waals surface area (Å²) >= 11 is 0. The maximum absolute atomic E-state index is 10.6. The molecule has 3 rings (SSSR count). The first kappa shape index (κ1) is 11.1. The number of aromatic nitrogens is 4. The van der Waals surface area contributed by atoms with Crippen molar-refractivity contribution in [3.05, 3.63) is 23.7 Å². The highest BCUT2D eigenvalue weighted by Gasteiger charge is 2.21. The molecule has 0 radical (unpaired) electrons. The first-order valence-corrected chi connectivity index (χ1v) is 6.17. The number of fused-ring (bicyclic) bond motifs is 1. The summed E-state index contributed by atoms with van der Waals surface area (Å²) in [5, 5.41) is 21.2. The molecule has 0 spiro atoms. The summed E-state index contributed by atoms with van der Waals surface area (Å²) in [6, 6.07) is 3.90. The van der Waals surface area contributed by atoms with Crippen molar-refractivity contribution in [1.29, 1.82) is 0 Å². The molecule has 0 saturated heterocycles. The Morgan fingerprint density at radius 3 is 2.89 bits per heavy atom. The molecule has 1 saturated carbocycles. The van der Waals surface area contributed by atoms with Gasteiger partial charge in [-0.3, -0.25) is 4.79 Å². The van der Waals surface area contributed by atoms with Crippen LogP contribution in [0, 0.1) is 0 Å². The zero-order valence-electron chi connectivity index (χ0n) is 9.91. The molecule has 0 amide bonds. The number of rotatable bonds is 4. The van der Waals surface area contributed by atoms with Crippen molar-refractivity contribution in [3.63, 3.8) is 0 Å². The van der Waals surface area contributed by atoms with Crippen molar-refractivity contribution in [3.8, 4) is 0 Å². The Labute approximate surface area is 104 Å². The predicted molar refractivity (Wildman–Crippen MR) is 63.3 cm³/mol. The molecular formula is C12H14N4O2. The predicted octanol–water partition coefficient (Wildman–Crippen LogP) is 1.41. The normalized spacial score (nSPS) is 15.8. The van der Waals surface area contributed by atoms with E-state index in [-0.39, 0.29) is 6.42 Å². The van der Waals surface area contributed by atoms with Crippen LogP contribution in [0.3, 0.4) is 0 Å². The zero-order chi connectivity index (χ0) is 12.5. The maximum atomic E-state index is 10.6. The van der Waals surface area contributed by atoms with Crippen LogP contribution in [0.15, 0.2) is 12.1 Å². The zero-order valence-corrected chi connectivity index (χ0v) is 9.91. The van der Waals surface area contributed by atoms with E-state index in [1.807, 2.05) is 12.1 Å². The van der Waals surface area contributed by atoms with Gasteiger partial charge in [0.25, 0.3) is 0 Å². The summed E-state index contributed by atoms with van der Waals surface area (Å²) in [6.07, 6.45) is 4.04. The lowest BCUT2D eigenvalue weighted by Gasteiger charge is -2.24. The van der Waals surface area contributed by atoms with E-state index in [0.717, 1.165) is 5.69 Å². The number of aryl methyl sites for hydroxylation is 1. The van der Waals surface area contributed by atoms with E-state index in [0.29, 0.717) is 23.8 Å². The van der Waals surface area contributed by atoms with E-state index in [4.69, 9.17) is 5.11 Å². The minimum absolute atomic E-state index is 0.0517.